The molecule has 1 aromatic carbocycles. The van der Waals surface area contributed by atoms with Gasteiger partial charge in [-0.05, 0) is 44.0 Å². The van der Waals surface area contributed by atoms with E-state index in [1.165, 1.54) is 11.3 Å². The minimum Gasteiger partial charge on any atom is -0.496 e. The Morgan fingerprint density at radius 1 is 1.17 bits per heavy atom. The van der Waals surface area contributed by atoms with Crippen molar-refractivity contribution >= 4 is 49.5 Å². The molecule has 1 heterocycles. The van der Waals surface area contributed by atoms with E-state index in [0.717, 1.165) is 15.2 Å². The molecule has 18 heavy (non-hydrogen) atoms. The Labute approximate surface area is 125 Å². The molecule has 94 valence electrons. The van der Waals surface area contributed by atoms with Crippen LogP contribution in [-0.2, 0) is 0 Å². The summed E-state index contributed by atoms with van der Waals surface area (Å²) in [7, 11) is 1.60. The number of thiophene rings is 1. The minimum atomic E-state index is 0.633. The second kappa shape index (κ2) is 5.86. The second-order valence-corrected chi connectivity index (χ2v) is 5.97. The maximum Gasteiger partial charge on any atom is 0.160 e. The molecule has 0 aliphatic rings. The fraction of sp³-hybridized carbons (Fsp3) is 0.0833. The predicted octanol–water partition coefficient (Wildman–Crippen LogP) is 4.89. The first kappa shape index (κ1) is 13.6. The normalized spacial score (nSPS) is 10.2. The summed E-state index contributed by atoms with van der Waals surface area (Å²) in [6.07, 6.45) is 0.802. The van der Waals surface area contributed by atoms with Crippen LogP contribution in [0, 0.1) is 0 Å². The SMILES string of the molecule is COc1cc(Br)c(Oc2csc(C=O)c2)cc1Br. The van der Waals surface area contributed by atoms with Crippen LogP contribution in [0.1, 0.15) is 9.67 Å². The Balaban J connectivity index is 2.28. The first-order valence-electron chi connectivity index (χ1n) is 4.88. The molecular weight excluding hydrogens is 384 g/mol. The van der Waals surface area contributed by atoms with Crippen molar-refractivity contribution in [2.24, 2.45) is 0 Å². The van der Waals surface area contributed by atoms with E-state index >= 15 is 0 Å². The number of rotatable bonds is 4. The zero-order valence-corrected chi connectivity index (χ0v) is 13.3. The van der Waals surface area contributed by atoms with Crippen LogP contribution < -0.4 is 9.47 Å². The third-order valence-electron chi connectivity index (χ3n) is 2.15. The van der Waals surface area contributed by atoms with Crippen LogP contribution in [0.4, 0.5) is 0 Å². The lowest BCUT2D eigenvalue weighted by atomic mass is 10.3. The number of aldehydes is 1. The lowest BCUT2D eigenvalue weighted by molar-refractivity contribution is 0.112. The topological polar surface area (TPSA) is 35.5 Å². The molecule has 0 fully saturated rings. The van der Waals surface area contributed by atoms with Crippen molar-refractivity contribution in [3.63, 3.8) is 0 Å². The van der Waals surface area contributed by atoms with Crippen molar-refractivity contribution in [1.29, 1.82) is 0 Å². The number of hydrogen-bond acceptors (Lipinski definition) is 4. The first-order chi connectivity index (χ1) is 8.63. The molecule has 0 aliphatic carbocycles. The standard InChI is InChI=1S/C12H8Br2O3S/c1-16-11-3-10(14)12(4-9(11)13)17-7-2-8(5-15)18-6-7/h2-6H,1H3. The van der Waals surface area contributed by atoms with E-state index in [1.54, 1.807) is 24.6 Å². The van der Waals surface area contributed by atoms with E-state index < -0.39 is 0 Å². The molecule has 2 aromatic rings. The highest BCUT2D eigenvalue weighted by Gasteiger charge is 2.10. The lowest BCUT2D eigenvalue weighted by Gasteiger charge is -2.09. The van der Waals surface area contributed by atoms with Gasteiger partial charge in [0.25, 0.3) is 0 Å². The maximum atomic E-state index is 10.6. The van der Waals surface area contributed by atoms with E-state index in [2.05, 4.69) is 31.9 Å². The van der Waals surface area contributed by atoms with Crippen molar-refractivity contribution in [3.8, 4) is 17.2 Å². The van der Waals surface area contributed by atoms with Crippen LogP contribution in [0.3, 0.4) is 0 Å². The number of hydrogen-bond donors (Lipinski definition) is 0. The van der Waals surface area contributed by atoms with Crippen LogP contribution in [0.5, 0.6) is 17.2 Å². The Morgan fingerprint density at radius 3 is 2.44 bits per heavy atom. The molecule has 3 nitrogen and oxygen atoms in total. The Kier molecular flexibility index (Phi) is 4.42. The van der Waals surface area contributed by atoms with Gasteiger partial charge in [0.1, 0.15) is 17.2 Å². The Bertz CT molecular complexity index is 581. The van der Waals surface area contributed by atoms with Gasteiger partial charge in [-0.25, -0.2) is 0 Å². The molecule has 0 unspecified atom stereocenters. The summed E-state index contributed by atoms with van der Waals surface area (Å²) >= 11 is 8.15. The highest BCUT2D eigenvalue weighted by Crippen LogP contribution is 2.38. The van der Waals surface area contributed by atoms with Gasteiger partial charge in [-0.3, -0.25) is 4.79 Å². The van der Waals surface area contributed by atoms with E-state index in [4.69, 9.17) is 9.47 Å². The summed E-state index contributed by atoms with van der Waals surface area (Å²) in [5.41, 5.74) is 0. The van der Waals surface area contributed by atoms with Crippen molar-refractivity contribution in [1.82, 2.24) is 0 Å². The highest BCUT2D eigenvalue weighted by molar-refractivity contribution is 9.11. The Hall–Kier alpha value is -0.850. The molecule has 1 aromatic heterocycles. The molecule has 0 bridgehead atoms. The van der Waals surface area contributed by atoms with Gasteiger partial charge in [0, 0.05) is 11.4 Å². The summed E-state index contributed by atoms with van der Waals surface area (Å²) in [6.45, 7) is 0. The van der Waals surface area contributed by atoms with Crippen molar-refractivity contribution in [2.45, 2.75) is 0 Å². The van der Waals surface area contributed by atoms with E-state index in [-0.39, 0.29) is 0 Å². The molecule has 6 heteroatoms. The smallest absolute Gasteiger partial charge is 0.160 e. The first-order valence-corrected chi connectivity index (χ1v) is 7.35. The summed E-state index contributed by atoms with van der Waals surface area (Å²) in [4.78, 5) is 11.2. The number of ether oxygens (including phenoxy) is 2. The van der Waals surface area contributed by atoms with Gasteiger partial charge in [-0.15, -0.1) is 11.3 Å². The molecule has 0 aliphatic heterocycles. The van der Waals surface area contributed by atoms with Crippen LogP contribution in [0.2, 0.25) is 0 Å². The van der Waals surface area contributed by atoms with Gasteiger partial charge >= 0.3 is 0 Å². The van der Waals surface area contributed by atoms with Gasteiger partial charge in [-0.1, -0.05) is 0 Å². The third-order valence-corrected chi connectivity index (χ3v) is 4.22. The molecular formula is C12H8Br2O3S. The zero-order valence-electron chi connectivity index (χ0n) is 9.28. The summed E-state index contributed by atoms with van der Waals surface area (Å²) < 4.78 is 12.4. The molecule has 0 amide bonds. The van der Waals surface area contributed by atoms with Gasteiger partial charge in [0.05, 0.1) is 20.9 Å². The van der Waals surface area contributed by atoms with Gasteiger partial charge in [0.2, 0.25) is 0 Å². The number of methoxy groups -OCH3 is 1. The van der Waals surface area contributed by atoms with Gasteiger partial charge < -0.3 is 9.47 Å². The van der Waals surface area contributed by atoms with Crippen molar-refractivity contribution in [2.75, 3.05) is 7.11 Å². The number of halogens is 2. The van der Waals surface area contributed by atoms with Gasteiger partial charge in [0.15, 0.2) is 6.29 Å². The number of carbonyl (C=O) groups is 1. The van der Waals surface area contributed by atoms with Crippen LogP contribution in [0.25, 0.3) is 0 Å². The van der Waals surface area contributed by atoms with E-state index in [0.29, 0.717) is 22.1 Å². The maximum absolute atomic E-state index is 10.6. The van der Waals surface area contributed by atoms with Gasteiger partial charge in [-0.2, -0.15) is 0 Å². The minimum absolute atomic E-state index is 0.633. The number of benzene rings is 1. The molecule has 0 saturated carbocycles. The molecule has 0 radical (unpaired) electrons. The second-order valence-electron chi connectivity index (χ2n) is 3.32. The summed E-state index contributed by atoms with van der Waals surface area (Å²) in [6, 6.07) is 5.32. The Morgan fingerprint density at radius 2 is 1.83 bits per heavy atom. The molecule has 2 rings (SSSR count). The average Bonchev–Trinajstić information content (AvgIpc) is 2.81. The van der Waals surface area contributed by atoms with Crippen LogP contribution in [-0.4, -0.2) is 13.4 Å². The largest absolute Gasteiger partial charge is 0.496 e. The average molecular weight is 392 g/mol. The fourth-order valence-corrected chi connectivity index (χ4v) is 2.82. The predicted molar refractivity (Wildman–Crippen MR) is 78.2 cm³/mol. The zero-order chi connectivity index (χ0) is 13.1. The van der Waals surface area contributed by atoms with Crippen LogP contribution >= 0.6 is 43.2 Å². The quantitative estimate of drug-likeness (QED) is 0.696. The molecule has 0 atom stereocenters. The van der Waals surface area contributed by atoms with E-state index in [1.807, 2.05) is 6.07 Å². The van der Waals surface area contributed by atoms with Crippen molar-refractivity contribution < 1.29 is 14.3 Å². The van der Waals surface area contributed by atoms with Crippen LogP contribution in [0.15, 0.2) is 32.5 Å². The number of carbonyl (C=O) groups excluding carboxylic acids is 1. The molecule has 0 N–H and O–H groups in total. The lowest BCUT2D eigenvalue weighted by Crippen LogP contribution is -1.88. The highest BCUT2D eigenvalue weighted by atomic mass is 79.9. The fourth-order valence-electron chi connectivity index (χ4n) is 1.32. The summed E-state index contributed by atoms with van der Waals surface area (Å²) in [5, 5.41) is 1.79. The summed E-state index contributed by atoms with van der Waals surface area (Å²) in [5.74, 6) is 2.01. The van der Waals surface area contributed by atoms with Crippen molar-refractivity contribution in [3.05, 3.63) is 37.4 Å². The van der Waals surface area contributed by atoms with E-state index in [9.17, 15) is 4.79 Å². The monoisotopic (exact) mass is 390 g/mol. The third kappa shape index (κ3) is 2.93. The molecule has 0 spiro atoms. The molecule has 0 saturated heterocycles.